The number of hydrogen-bond acceptors (Lipinski definition) is 4. The maximum absolute atomic E-state index is 14.1. The Hall–Kier alpha value is -2.29. The van der Waals surface area contributed by atoms with Crippen molar-refractivity contribution in [2.24, 2.45) is 0 Å². The Morgan fingerprint density at radius 2 is 1.43 bits per heavy atom. The first kappa shape index (κ1) is 21.0. The van der Waals surface area contributed by atoms with Crippen LogP contribution in [-0.2, 0) is 14.8 Å². The van der Waals surface area contributed by atoms with Gasteiger partial charge in [0.15, 0.2) is 0 Å². The van der Waals surface area contributed by atoms with Gasteiger partial charge in [0.1, 0.15) is 16.8 Å². The Kier molecular flexibility index (Phi) is 6.17. The molecule has 2 aliphatic rings. The van der Waals surface area contributed by atoms with Gasteiger partial charge in [0.25, 0.3) is 0 Å². The third kappa shape index (κ3) is 4.12. The third-order valence-corrected chi connectivity index (χ3v) is 7.79. The molecule has 8 heteroatoms. The second-order valence-electron chi connectivity index (χ2n) is 7.72. The van der Waals surface area contributed by atoms with Gasteiger partial charge in [0.2, 0.25) is 15.9 Å². The molecule has 4 rings (SSSR count). The van der Waals surface area contributed by atoms with Gasteiger partial charge in [-0.2, -0.15) is 4.31 Å². The highest BCUT2D eigenvalue weighted by molar-refractivity contribution is 7.89. The highest BCUT2D eigenvalue weighted by Crippen LogP contribution is 2.28. The lowest BCUT2D eigenvalue weighted by Crippen LogP contribution is -2.52. The standard InChI is InChI=1S/C22H26FN3O3S/c23-19-10-4-5-11-20(19)30(28,29)26-16-14-24(15-17-26)21(18-8-2-1-3-9-18)22(27)25-12-6-7-13-25/h1-5,8-11,21H,6-7,12-17H2/t21-/m0/s1. The van der Waals surface area contributed by atoms with E-state index in [0.29, 0.717) is 13.1 Å². The summed E-state index contributed by atoms with van der Waals surface area (Å²) < 4.78 is 41.2. The Morgan fingerprint density at radius 1 is 0.833 bits per heavy atom. The second kappa shape index (κ2) is 8.83. The Labute approximate surface area is 176 Å². The van der Waals surface area contributed by atoms with Crippen molar-refractivity contribution in [3.05, 3.63) is 66.0 Å². The van der Waals surface area contributed by atoms with Crippen molar-refractivity contribution in [1.82, 2.24) is 14.1 Å². The van der Waals surface area contributed by atoms with E-state index < -0.39 is 21.9 Å². The number of carbonyl (C=O) groups excluding carboxylic acids is 1. The molecule has 30 heavy (non-hydrogen) atoms. The minimum atomic E-state index is -3.91. The summed E-state index contributed by atoms with van der Waals surface area (Å²) in [5.74, 6) is -0.671. The molecular weight excluding hydrogens is 405 g/mol. The molecule has 0 radical (unpaired) electrons. The summed E-state index contributed by atoms with van der Waals surface area (Å²) in [6.07, 6.45) is 2.03. The zero-order valence-electron chi connectivity index (χ0n) is 16.8. The zero-order chi connectivity index (χ0) is 21.1. The van der Waals surface area contributed by atoms with Crippen LogP contribution < -0.4 is 0 Å². The van der Waals surface area contributed by atoms with Crippen LogP contribution in [-0.4, -0.2) is 67.7 Å². The van der Waals surface area contributed by atoms with Crippen LogP contribution in [0.15, 0.2) is 59.5 Å². The predicted octanol–water partition coefficient (Wildman–Crippen LogP) is 2.50. The molecule has 0 aromatic heterocycles. The van der Waals surface area contributed by atoms with Gasteiger partial charge in [-0.05, 0) is 30.5 Å². The molecule has 6 nitrogen and oxygen atoms in total. The SMILES string of the molecule is O=C([C@H](c1ccccc1)N1CCN(S(=O)(=O)c2ccccc2F)CC1)N1CCCC1. The van der Waals surface area contributed by atoms with Gasteiger partial charge in [-0.1, -0.05) is 42.5 Å². The van der Waals surface area contributed by atoms with Crippen molar-refractivity contribution in [2.75, 3.05) is 39.3 Å². The van der Waals surface area contributed by atoms with E-state index in [1.807, 2.05) is 40.1 Å². The van der Waals surface area contributed by atoms with Crippen LogP contribution in [0.4, 0.5) is 4.39 Å². The summed E-state index contributed by atoms with van der Waals surface area (Å²) in [5, 5.41) is 0. The van der Waals surface area contributed by atoms with Gasteiger partial charge >= 0.3 is 0 Å². The van der Waals surface area contributed by atoms with Crippen molar-refractivity contribution in [2.45, 2.75) is 23.8 Å². The number of benzene rings is 2. The van der Waals surface area contributed by atoms with Crippen molar-refractivity contribution >= 4 is 15.9 Å². The van der Waals surface area contributed by atoms with Gasteiger partial charge < -0.3 is 4.90 Å². The van der Waals surface area contributed by atoms with Crippen LogP contribution in [0, 0.1) is 5.82 Å². The summed E-state index contributed by atoms with van der Waals surface area (Å²) >= 11 is 0. The number of nitrogens with zero attached hydrogens (tertiary/aromatic N) is 3. The quantitative estimate of drug-likeness (QED) is 0.730. The van der Waals surface area contributed by atoms with Crippen molar-refractivity contribution in [3.8, 4) is 0 Å². The number of carbonyl (C=O) groups is 1. The van der Waals surface area contributed by atoms with Gasteiger partial charge in [0, 0.05) is 39.3 Å². The van der Waals surface area contributed by atoms with Crippen LogP contribution in [0.25, 0.3) is 0 Å². The highest BCUT2D eigenvalue weighted by Gasteiger charge is 2.37. The Balaban J connectivity index is 1.53. The molecule has 2 aliphatic heterocycles. The van der Waals surface area contributed by atoms with Gasteiger partial charge in [-0.25, -0.2) is 12.8 Å². The summed E-state index contributed by atoms with van der Waals surface area (Å²) in [6, 6.07) is 14.7. The molecule has 2 saturated heterocycles. The molecule has 0 spiro atoms. The summed E-state index contributed by atoms with van der Waals surface area (Å²) in [7, 11) is -3.91. The summed E-state index contributed by atoms with van der Waals surface area (Å²) in [5.41, 5.74) is 0.916. The smallest absolute Gasteiger partial charge is 0.246 e. The topological polar surface area (TPSA) is 60.9 Å². The average Bonchev–Trinajstić information content (AvgIpc) is 3.30. The average molecular weight is 432 g/mol. The number of rotatable bonds is 5. The lowest BCUT2D eigenvalue weighted by molar-refractivity contribution is -0.136. The van der Waals surface area contributed by atoms with E-state index in [4.69, 9.17) is 0 Å². The number of likely N-dealkylation sites (tertiary alicyclic amines) is 1. The molecule has 0 N–H and O–H groups in total. The van der Waals surface area contributed by atoms with Crippen molar-refractivity contribution in [1.29, 1.82) is 0 Å². The minimum Gasteiger partial charge on any atom is -0.341 e. The van der Waals surface area contributed by atoms with Crippen LogP contribution in [0.5, 0.6) is 0 Å². The first-order valence-electron chi connectivity index (χ1n) is 10.3. The first-order chi connectivity index (χ1) is 14.5. The monoisotopic (exact) mass is 431 g/mol. The highest BCUT2D eigenvalue weighted by atomic mass is 32.2. The Morgan fingerprint density at radius 3 is 2.07 bits per heavy atom. The lowest BCUT2D eigenvalue weighted by atomic mass is 10.0. The van der Waals surface area contributed by atoms with E-state index in [9.17, 15) is 17.6 Å². The fourth-order valence-electron chi connectivity index (χ4n) is 4.25. The fraction of sp³-hybridized carbons (Fsp3) is 0.409. The van der Waals surface area contributed by atoms with Gasteiger partial charge in [0.05, 0.1) is 0 Å². The summed E-state index contributed by atoms with van der Waals surface area (Å²) in [6.45, 7) is 2.79. The molecule has 2 heterocycles. The van der Waals surface area contributed by atoms with Crippen LogP contribution in [0.2, 0.25) is 0 Å². The normalized spacial score (nSPS) is 19.7. The zero-order valence-corrected chi connectivity index (χ0v) is 17.6. The Bertz CT molecular complexity index is 986. The largest absolute Gasteiger partial charge is 0.341 e. The first-order valence-corrected chi connectivity index (χ1v) is 11.7. The molecule has 0 saturated carbocycles. The number of amides is 1. The molecular formula is C22H26FN3O3S. The molecule has 2 fully saturated rings. The van der Waals surface area contributed by atoms with Crippen molar-refractivity contribution < 1.29 is 17.6 Å². The maximum Gasteiger partial charge on any atom is 0.246 e. The number of piperazine rings is 1. The van der Waals surface area contributed by atoms with E-state index in [0.717, 1.165) is 37.6 Å². The van der Waals surface area contributed by atoms with Crippen LogP contribution in [0.3, 0.4) is 0 Å². The molecule has 1 atom stereocenters. The maximum atomic E-state index is 14.1. The molecule has 2 aromatic carbocycles. The van der Waals surface area contributed by atoms with E-state index in [-0.39, 0.29) is 23.9 Å². The molecule has 0 aliphatic carbocycles. The molecule has 0 bridgehead atoms. The minimum absolute atomic E-state index is 0.0733. The fourth-order valence-corrected chi connectivity index (χ4v) is 5.74. The van der Waals surface area contributed by atoms with Gasteiger partial charge in [-0.15, -0.1) is 0 Å². The van der Waals surface area contributed by atoms with Gasteiger partial charge in [-0.3, -0.25) is 9.69 Å². The van der Waals surface area contributed by atoms with E-state index in [1.54, 1.807) is 0 Å². The predicted molar refractivity (Wildman–Crippen MR) is 112 cm³/mol. The third-order valence-electron chi connectivity index (χ3n) is 5.86. The van der Waals surface area contributed by atoms with E-state index in [1.165, 1.54) is 22.5 Å². The van der Waals surface area contributed by atoms with E-state index >= 15 is 0 Å². The summed E-state index contributed by atoms with van der Waals surface area (Å²) in [4.78, 5) is 16.9. The molecule has 2 aromatic rings. The number of sulfonamides is 1. The lowest BCUT2D eigenvalue weighted by Gasteiger charge is -2.39. The number of halogens is 1. The molecule has 160 valence electrons. The van der Waals surface area contributed by atoms with E-state index in [2.05, 4.69) is 0 Å². The molecule has 1 amide bonds. The second-order valence-corrected chi connectivity index (χ2v) is 9.62. The molecule has 0 unspecified atom stereocenters. The van der Waals surface area contributed by atoms with Crippen molar-refractivity contribution in [3.63, 3.8) is 0 Å². The van der Waals surface area contributed by atoms with Crippen LogP contribution >= 0.6 is 0 Å². The number of hydrogen-bond donors (Lipinski definition) is 0. The van der Waals surface area contributed by atoms with Crippen LogP contribution in [0.1, 0.15) is 24.4 Å².